The Morgan fingerprint density at radius 2 is 2.12 bits per heavy atom. The monoisotopic (exact) mass is 347 g/mol. The number of aromatic amines is 1. The van der Waals surface area contributed by atoms with E-state index in [4.69, 9.17) is 4.74 Å². The molecule has 4 rings (SSSR count). The van der Waals surface area contributed by atoms with Gasteiger partial charge in [-0.1, -0.05) is 6.07 Å². The van der Waals surface area contributed by atoms with Crippen LogP contribution in [-0.2, 0) is 6.18 Å². The van der Waals surface area contributed by atoms with E-state index in [0.29, 0.717) is 17.1 Å². The van der Waals surface area contributed by atoms with Crippen molar-refractivity contribution in [1.82, 2.24) is 15.0 Å². The molecule has 5 nitrogen and oxygen atoms in total. The molecule has 2 heterocycles. The molecule has 0 bridgehead atoms. The topological polar surface area (TPSA) is 62.8 Å². The van der Waals surface area contributed by atoms with Crippen molar-refractivity contribution in [2.24, 2.45) is 0 Å². The third-order valence-corrected chi connectivity index (χ3v) is 4.12. The summed E-state index contributed by atoms with van der Waals surface area (Å²) in [5.74, 6) is 0.810. The molecule has 25 heavy (non-hydrogen) atoms. The Labute approximate surface area is 141 Å². The largest absolute Gasteiger partial charge is 0.495 e. The van der Waals surface area contributed by atoms with Gasteiger partial charge in [0, 0.05) is 12.1 Å². The second-order valence-electron chi connectivity index (χ2n) is 5.88. The summed E-state index contributed by atoms with van der Waals surface area (Å²) >= 11 is 0. The van der Waals surface area contributed by atoms with Crippen LogP contribution in [0.2, 0.25) is 0 Å². The molecule has 1 aliphatic carbocycles. The zero-order valence-corrected chi connectivity index (χ0v) is 13.2. The lowest BCUT2D eigenvalue weighted by Gasteiger charge is -2.12. The van der Waals surface area contributed by atoms with Gasteiger partial charge in [-0.2, -0.15) is 18.2 Å². The van der Waals surface area contributed by atoms with Crippen LogP contribution in [0.15, 0.2) is 24.4 Å². The van der Waals surface area contributed by atoms with E-state index in [1.807, 2.05) is 0 Å². The molecule has 1 fully saturated rings. The minimum Gasteiger partial charge on any atom is -0.495 e. The van der Waals surface area contributed by atoms with Gasteiger partial charge in [0.25, 0.3) is 0 Å². The highest BCUT2D eigenvalue weighted by Gasteiger charge is 2.38. The van der Waals surface area contributed by atoms with E-state index in [9.17, 15) is 13.2 Å². The van der Waals surface area contributed by atoms with Crippen molar-refractivity contribution in [2.45, 2.75) is 24.9 Å². The van der Waals surface area contributed by atoms with E-state index in [-0.39, 0.29) is 22.9 Å². The molecule has 1 saturated carbocycles. The molecule has 1 aliphatic rings. The van der Waals surface area contributed by atoms with Crippen molar-refractivity contribution in [3.63, 3.8) is 0 Å². The van der Waals surface area contributed by atoms with E-state index < -0.39 is 11.7 Å². The highest BCUT2D eigenvalue weighted by molar-refractivity contribution is 5.85. The minimum absolute atomic E-state index is 0.0361. The first-order valence-electron chi connectivity index (χ1n) is 7.74. The fourth-order valence-corrected chi connectivity index (χ4v) is 2.80. The number of hydrogen-bond donors (Lipinski definition) is 2. The Kier molecular flexibility index (Phi) is 3.55. The number of H-pyrrole nitrogens is 1. The number of fused-ring (bicyclic) bond motifs is 1. The summed E-state index contributed by atoms with van der Waals surface area (Å²) in [5.41, 5.74) is 0.503. The summed E-state index contributed by atoms with van der Waals surface area (Å²) in [5, 5.41) is 3.08. The van der Waals surface area contributed by atoms with Crippen molar-refractivity contribution >= 4 is 22.7 Å². The zero-order chi connectivity index (χ0) is 17.6. The maximum Gasteiger partial charge on any atom is 0.418 e. The van der Waals surface area contributed by atoms with Crippen molar-refractivity contribution < 1.29 is 17.9 Å². The smallest absolute Gasteiger partial charge is 0.418 e. The summed E-state index contributed by atoms with van der Waals surface area (Å²) in [6.07, 6.45) is -1.83. The van der Waals surface area contributed by atoms with Crippen LogP contribution in [-0.4, -0.2) is 22.1 Å². The van der Waals surface area contributed by atoms with Crippen LogP contribution in [0.5, 0.6) is 5.75 Å². The summed E-state index contributed by atoms with van der Waals surface area (Å²) < 4.78 is 45.0. The predicted molar refractivity (Wildman–Crippen MR) is 86.0 cm³/mol. The van der Waals surface area contributed by atoms with E-state index in [1.54, 1.807) is 18.2 Å². The van der Waals surface area contributed by atoms with Gasteiger partial charge in [-0.25, -0.2) is 4.98 Å². The highest BCUT2D eigenvalue weighted by atomic mass is 19.4. The minimum atomic E-state index is -4.45. The van der Waals surface area contributed by atoms with Gasteiger partial charge in [-0.15, -0.1) is 0 Å². The third kappa shape index (κ3) is 2.88. The van der Waals surface area contributed by atoms with Crippen LogP contribution < -0.4 is 10.1 Å². The van der Waals surface area contributed by atoms with Crippen molar-refractivity contribution in [3.8, 4) is 5.75 Å². The molecule has 0 amide bonds. The highest BCUT2D eigenvalue weighted by Crippen LogP contribution is 2.45. The molecular weight excluding hydrogens is 333 g/mol. The number of alkyl halides is 3. The number of nitrogens with zero attached hydrogens (tertiary/aromatic N) is 2. The van der Waals surface area contributed by atoms with Crippen LogP contribution in [0, 0.1) is 6.07 Å². The summed E-state index contributed by atoms with van der Waals surface area (Å²) in [7, 11) is 1.52. The molecule has 0 aliphatic heterocycles. The number of benzene rings is 1. The molecule has 2 aromatic heterocycles. The molecule has 0 spiro atoms. The fraction of sp³-hybridized carbons (Fsp3) is 0.294. The second kappa shape index (κ2) is 5.65. The Morgan fingerprint density at radius 1 is 1.32 bits per heavy atom. The zero-order valence-electron chi connectivity index (χ0n) is 13.2. The lowest BCUT2D eigenvalue weighted by Crippen LogP contribution is -2.07. The number of halogens is 3. The predicted octanol–water partition coefficient (Wildman–Crippen LogP) is 4.41. The van der Waals surface area contributed by atoms with Crippen molar-refractivity contribution in [1.29, 1.82) is 0 Å². The number of ether oxygens (including phenoxy) is 1. The summed E-state index contributed by atoms with van der Waals surface area (Å²) in [6.45, 7) is 0. The van der Waals surface area contributed by atoms with Crippen LogP contribution in [0.3, 0.4) is 0 Å². The van der Waals surface area contributed by atoms with Gasteiger partial charge in [0.1, 0.15) is 11.4 Å². The van der Waals surface area contributed by atoms with Gasteiger partial charge in [-0.05, 0) is 31.0 Å². The maximum absolute atomic E-state index is 13.2. The molecule has 129 valence electrons. The fourth-order valence-electron chi connectivity index (χ4n) is 2.80. The summed E-state index contributed by atoms with van der Waals surface area (Å²) in [6, 6.07) is 7.97. The van der Waals surface area contributed by atoms with Crippen LogP contribution in [0.4, 0.5) is 24.8 Å². The quantitative estimate of drug-likeness (QED) is 0.734. The average Bonchev–Trinajstić information content (AvgIpc) is 3.32. The number of methoxy groups -OCH3 is 1. The van der Waals surface area contributed by atoms with Crippen molar-refractivity contribution in [2.75, 3.05) is 12.4 Å². The molecule has 0 saturated heterocycles. The number of rotatable bonds is 4. The summed E-state index contributed by atoms with van der Waals surface area (Å²) in [4.78, 5) is 11.2. The Hall–Kier alpha value is -2.77. The molecule has 3 aromatic rings. The van der Waals surface area contributed by atoms with Gasteiger partial charge in [-0.3, -0.25) is 0 Å². The van der Waals surface area contributed by atoms with Gasteiger partial charge in [0.15, 0.2) is 0 Å². The number of aromatic nitrogens is 3. The first kappa shape index (κ1) is 15.7. The molecule has 0 atom stereocenters. The lowest BCUT2D eigenvalue weighted by atomic mass is 10.1. The van der Waals surface area contributed by atoms with Gasteiger partial charge < -0.3 is 15.0 Å². The Balaban J connectivity index is 1.81. The van der Waals surface area contributed by atoms with Crippen molar-refractivity contribution in [3.05, 3.63) is 41.7 Å². The van der Waals surface area contributed by atoms with Gasteiger partial charge >= 0.3 is 6.18 Å². The maximum atomic E-state index is 13.2. The van der Waals surface area contributed by atoms with E-state index in [2.05, 4.69) is 26.3 Å². The number of hydrogen-bond acceptors (Lipinski definition) is 4. The van der Waals surface area contributed by atoms with Gasteiger partial charge in [0.05, 0.1) is 29.4 Å². The Morgan fingerprint density at radius 3 is 2.80 bits per heavy atom. The number of anilines is 2. The molecule has 0 unspecified atom stereocenters. The lowest BCUT2D eigenvalue weighted by molar-refractivity contribution is -0.136. The first-order valence-corrected chi connectivity index (χ1v) is 7.74. The molecule has 2 N–H and O–H groups in total. The van der Waals surface area contributed by atoms with E-state index >= 15 is 0 Å². The normalized spacial score (nSPS) is 14.7. The van der Waals surface area contributed by atoms with Crippen LogP contribution in [0.25, 0.3) is 11.0 Å². The molecule has 1 aromatic carbocycles. The SMILES string of the molecule is COc1c[c]ccc1Nc1nc(C2CC2)c2c(C(F)(F)F)c[nH]c2n1. The third-order valence-electron chi connectivity index (χ3n) is 4.12. The van der Waals surface area contributed by atoms with Gasteiger partial charge in [0.2, 0.25) is 5.95 Å². The molecular formula is C17H14F3N4O. The second-order valence-corrected chi connectivity index (χ2v) is 5.88. The average molecular weight is 347 g/mol. The van der Waals surface area contributed by atoms with Crippen LogP contribution in [0.1, 0.15) is 30.0 Å². The first-order chi connectivity index (χ1) is 12.0. The van der Waals surface area contributed by atoms with E-state index in [0.717, 1.165) is 19.0 Å². The molecule has 1 radical (unpaired) electrons. The Bertz CT molecular complexity index is 931. The van der Waals surface area contributed by atoms with Crippen LogP contribution >= 0.6 is 0 Å². The molecule has 8 heteroatoms. The van der Waals surface area contributed by atoms with E-state index in [1.165, 1.54) is 7.11 Å². The number of nitrogens with one attached hydrogen (secondary N) is 2. The standard InChI is InChI=1S/C17H14F3N4O/c1-25-12-5-3-2-4-11(12)22-16-23-14(9-6-7-9)13-10(17(18,19)20)8-21-15(13)24-16/h2,4-5,8-9H,6-7H2,1H3,(H2,21,22,23,24).